The summed E-state index contributed by atoms with van der Waals surface area (Å²) >= 11 is 0. The van der Waals surface area contributed by atoms with E-state index in [2.05, 4.69) is 16.4 Å². The van der Waals surface area contributed by atoms with Gasteiger partial charge >= 0.3 is 0 Å². The molecule has 0 fully saturated rings. The van der Waals surface area contributed by atoms with Gasteiger partial charge in [-0.05, 0) is 12.3 Å². The first kappa shape index (κ1) is 12.7. The van der Waals surface area contributed by atoms with Crippen molar-refractivity contribution < 1.29 is 5.11 Å². The second-order valence-corrected chi connectivity index (χ2v) is 4.10. The Morgan fingerprint density at radius 3 is 2.62 bits per heavy atom. The predicted octanol–water partition coefficient (Wildman–Crippen LogP) is 1.41. The van der Waals surface area contributed by atoms with Crippen LogP contribution in [0.25, 0.3) is 0 Å². The largest absolute Gasteiger partial charge is 0.394 e. The van der Waals surface area contributed by atoms with Crippen LogP contribution >= 0.6 is 0 Å². The molecule has 0 saturated heterocycles. The molecule has 1 atom stereocenters. The number of aliphatic hydroxyl groups is 1. The van der Waals surface area contributed by atoms with Crippen molar-refractivity contribution in [3.05, 3.63) is 11.4 Å². The first-order valence-electron chi connectivity index (χ1n) is 5.57. The Hall–Kier alpha value is -1.41. The third kappa shape index (κ3) is 2.39. The zero-order valence-corrected chi connectivity index (χ0v) is 10.0. The smallest absolute Gasteiger partial charge is 0.100 e. The van der Waals surface area contributed by atoms with Crippen molar-refractivity contribution in [2.24, 2.45) is 0 Å². The molecular weight excluding hydrogens is 204 g/mol. The minimum absolute atomic E-state index is 0.0441. The van der Waals surface area contributed by atoms with Crippen molar-refractivity contribution in [3.63, 3.8) is 0 Å². The minimum Gasteiger partial charge on any atom is -0.394 e. The van der Waals surface area contributed by atoms with Crippen molar-refractivity contribution in [2.45, 2.75) is 45.6 Å². The molecule has 1 aromatic rings. The highest BCUT2D eigenvalue weighted by atomic mass is 16.3. The lowest BCUT2D eigenvalue weighted by Crippen LogP contribution is -2.17. The van der Waals surface area contributed by atoms with Gasteiger partial charge in [0.2, 0.25) is 0 Å². The van der Waals surface area contributed by atoms with Gasteiger partial charge in [0.15, 0.2) is 0 Å². The van der Waals surface area contributed by atoms with Gasteiger partial charge in [-0.2, -0.15) is 5.26 Å². The number of hydrogen-bond donors (Lipinski definition) is 1. The van der Waals surface area contributed by atoms with Gasteiger partial charge in [-0.3, -0.25) is 0 Å². The van der Waals surface area contributed by atoms with E-state index in [-0.39, 0.29) is 25.0 Å². The topological polar surface area (TPSA) is 74.7 Å². The third-order valence-electron chi connectivity index (χ3n) is 2.63. The number of aromatic nitrogens is 3. The van der Waals surface area contributed by atoms with Crippen LogP contribution in [0.5, 0.6) is 0 Å². The first-order valence-corrected chi connectivity index (χ1v) is 5.57. The number of rotatable bonds is 5. The maximum absolute atomic E-state index is 9.27. The van der Waals surface area contributed by atoms with Crippen molar-refractivity contribution in [1.29, 1.82) is 5.26 Å². The predicted molar refractivity (Wildman–Crippen MR) is 59.8 cm³/mol. The highest BCUT2D eigenvalue weighted by Crippen LogP contribution is 2.22. The molecule has 0 aromatic carbocycles. The zero-order chi connectivity index (χ0) is 12.1. The summed E-state index contributed by atoms with van der Waals surface area (Å²) in [6, 6.07) is 2.05. The van der Waals surface area contributed by atoms with Crippen LogP contribution in [0.4, 0.5) is 0 Å². The van der Waals surface area contributed by atoms with Crippen LogP contribution in [-0.4, -0.2) is 26.7 Å². The molecule has 1 rings (SSSR count). The summed E-state index contributed by atoms with van der Waals surface area (Å²) in [6.07, 6.45) is 1.07. The molecule has 1 N–H and O–H groups in total. The maximum atomic E-state index is 9.27. The first-order chi connectivity index (χ1) is 7.65. The molecule has 1 heterocycles. The average molecular weight is 222 g/mol. The maximum Gasteiger partial charge on any atom is 0.100 e. The summed E-state index contributed by atoms with van der Waals surface area (Å²) in [7, 11) is 0. The molecule has 0 aliphatic carbocycles. The Labute approximate surface area is 95.7 Å². The van der Waals surface area contributed by atoms with Crippen molar-refractivity contribution >= 4 is 0 Å². The molecule has 0 aliphatic heterocycles. The van der Waals surface area contributed by atoms with Gasteiger partial charge in [-0.15, -0.1) is 5.10 Å². The lowest BCUT2D eigenvalue weighted by Gasteiger charge is -2.17. The fourth-order valence-corrected chi connectivity index (χ4v) is 1.78. The lowest BCUT2D eigenvalue weighted by atomic mass is 10.1. The molecule has 5 heteroatoms. The fraction of sp³-hybridized carbons (Fsp3) is 0.727. The SMILES string of the molecule is CCC(CO)n1nnc(CC#N)c1C(C)C. The number of nitriles is 1. The van der Waals surface area contributed by atoms with Crippen molar-refractivity contribution in [3.8, 4) is 6.07 Å². The van der Waals surface area contributed by atoms with Crippen LogP contribution in [0, 0.1) is 11.3 Å². The van der Waals surface area contributed by atoms with Gasteiger partial charge in [0.25, 0.3) is 0 Å². The second kappa shape index (κ2) is 5.61. The number of aliphatic hydroxyl groups excluding tert-OH is 1. The standard InChI is InChI=1S/C11H18N4O/c1-4-9(7-16)15-11(8(2)3)10(5-6-12)13-14-15/h8-9,16H,4-5,7H2,1-3H3. The van der Waals surface area contributed by atoms with Gasteiger partial charge in [-0.25, -0.2) is 4.68 Å². The molecule has 1 unspecified atom stereocenters. The van der Waals surface area contributed by atoms with Crippen LogP contribution in [-0.2, 0) is 6.42 Å². The van der Waals surface area contributed by atoms with E-state index in [1.165, 1.54) is 0 Å². The quantitative estimate of drug-likeness (QED) is 0.817. The molecule has 0 spiro atoms. The molecule has 88 valence electrons. The summed E-state index contributed by atoms with van der Waals surface area (Å²) < 4.78 is 1.76. The summed E-state index contributed by atoms with van der Waals surface area (Å²) in [4.78, 5) is 0. The Morgan fingerprint density at radius 1 is 1.50 bits per heavy atom. The molecule has 0 aliphatic rings. The number of nitrogens with zero attached hydrogens (tertiary/aromatic N) is 4. The number of hydrogen-bond acceptors (Lipinski definition) is 4. The van der Waals surface area contributed by atoms with E-state index in [1.807, 2.05) is 20.8 Å². The minimum atomic E-state index is -0.0441. The van der Waals surface area contributed by atoms with Crippen molar-refractivity contribution in [2.75, 3.05) is 6.61 Å². The summed E-state index contributed by atoms with van der Waals surface area (Å²) in [5, 5.41) is 26.1. The fourth-order valence-electron chi connectivity index (χ4n) is 1.78. The summed E-state index contributed by atoms with van der Waals surface area (Å²) in [6.45, 7) is 6.13. The van der Waals surface area contributed by atoms with E-state index in [9.17, 15) is 5.11 Å². The Bertz CT molecular complexity index is 374. The monoisotopic (exact) mass is 222 g/mol. The van der Waals surface area contributed by atoms with Crippen LogP contribution in [0.15, 0.2) is 0 Å². The van der Waals surface area contributed by atoms with Gasteiger partial charge < -0.3 is 5.11 Å². The summed E-state index contributed by atoms with van der Waals surface area (Å²) in [5.41, 5.74) is 1.69. The van der Waals surface area contributed by atoms with Gasteiger partial charge in [0, 0.05) is 0 Å². The summed E-state index contributed by atoms with van der Waals surface area (Å²) in [5.74, 6) is 0.249. The van der Waals surface area contributed by atoms with Crippen LogP contribution in [0.2, 0.25) is 0 Å². The Balaban J connectivity index is 3.14. The van der Waals surface area contributed by atoms with E-state index < -0.39 is 0 Å². The highest BCUT2D eigenvalue weighted by molar-refractivity contribution is 5.18. The zero-order valence-electron chi connectivity index (χ0n) is 10.0. The Morgan fingerprint density at radius 2 is 2.19 bits per heavy atom. The molecule has 1 aromatic heterocycles. The molecule has 5 nitrogen and oxygen atoms in total. The molecule has 0 amide bonds. The van der Waals surface area contributed by atoms with Gasteiger partial charge in [-0.1, -0.05) is 26.0 Å². The van der Waals surface area contributed by atoms with Crippen molar-refractivity contribution in [1.82, 2.24) is 15.0 Å². The molecule has 0 saturated carbocycles. The average Bonchev–Trinajstić information content (AvgIpc) is 2.64. The Kier molecular flexibility index (Phi) is 4.44. The van der Waals surface area contributed by atoms with Crippen LogP contribution in [0.1, 0.15) is 50.5 Å². The third-order valence-corrected chi connectivity index (χ3v) is 2.63. The van der Waals surface area contributed by atoms with E-state index in [4.69, 9.17) is 5.26 Å². The van der Waals surface area contributed by atoms with E-state index in [1.54, 1.807) is 4.68 Å². The molecule has 0 bridgehead atoms. The molecule has 0 radical (unpaired) electrons. The van der Waals surface area contributed by atoms with E-state index in [0.717, 1.165) is 17.8 Å². The van der Waals surface area contributed by atoms with E-state index >= 15 is 0 Å². The highest BCUT2D eigenvalue weighted by Gasteiger charge is 2.20. The van der Waals surface area contributed by atoms with Crippen LogP contribution in [0.3, 0.4) is 0 Å². The second-order valence-electron chi connectivity index (χ2n) is 4.10. The molecule has 16 heavy (non-hydrogen) atoms. The van der Waals surface area contributed by atoms with Gasteiger partial charge in [0.05, 0.1) is 30.8 Å². The van der Waals surface area contributed by atoms with E-state index in [0.29, 0.717) is 0 Å². The van der Waals surface area contributed by atoms with Gasteiger partial charge in [0.1, 0.15) is 5.69 Å². The molecular formula is C11H18N4O. The van der Waals surface area contributed by atoms with Crippen LogP contribution < -0.4 is 0 Å². The normalized spacial score (nSPS) is 12.8. The lowest BCUT2D eigenvalue weighted by molar-refractivity contribution is 0.209.